The second-order valence-corrected chi connectivity index (χ2v) is 6.52. The van der Waals surface area contributed by atoms with Gasteiger partial charge in [0.15, 0.2) is 0 Å². The largest absolute Gasteiger partial charge is 0.438 e. The normalized spacial score (nSPS) is 15.1. The number of benzene rings is 1. The van der Waals surface area contributed by atoms with Crippen LogP contribution in [0.3, 0.4) is 0 Å². The molecule has 0 aliphatic carbocycles. The molecule has 0 amide bonds. The SMILES string of the molecule is c1ccc(Oc2ncccc2-c2noc(CCC3CCNCC3)n2)cc1. The molecule has 4 rings (SSSR count). The lowest BCUT2D eigenvalue weighted by Crippen LogP contribution is -2.27. The van der Waals surface area contributed by atoms with Crippen LogP contribution >= 0.6 is 0 Å². The number of pyridine rings is 1. The van der Waals surface area contributed by atoms with Crippen LogP contribution in [-0.2, 0) is 6.42 Å². The fourth-order valence-corrected chi connectivity index (χ4v) is 3.21. The van der Waals surface area contributed by atoms with Gasteiger partial charge in [0.1, 0.15) is 5.75 Å². The van der Waals surface area contributed by atoms with Crippen LogP contribution in [0.2, 0.25) is 0 Å². The number of hydrogen-bond donors (Lipinski definition) is 1. The lowest BCUT2D eigenvalue weighted by molar-refractivity contribution is 0.324. The van der Waals surface area contributed by atoms with Gasteiger partial charge >= 0.3 is 0 Å². The smallest absolute Gasteiger partial charge is 0.230 e. The van der Waals surface area contributed by atoms with Crippen molar-refractivity contribution in [2.45, 2.75) is 25.7 Å². The highest BCUT2D eigenvalue weighted by atomic mass is 16.5. The van der Waals surface area contributed by atoms with Gasteiger partial charge in [0, 0.05) is 12.6 Å². The maximum atomic E-state index is 5.89. The number of para-hydroxylation sites is 1. The molecule has 6 nitrogen and oxygen atoms in total. The Labute approximate surface area is 152 Å². The number of hydrogen-bond acceptors (Lipinski definition) is 6. The summed E-state index contributed by atoms with van der Waals surface area (Å²) in [5.41, 5.74) is 0.730. The highest BCUT2D eigenvalue weighted by Crippen LogP contribution is 2.29. The summed E-state index contributed by atoms with van der Waals surface area (Å²) in [7, 11) is 0. The van der Waals surface area contributed by atoms with Crippen LogP contribution in [-0.4, -0.2) is 28.2 Å². The van der Waals surface area contributed by atoms with Crippen LogP contribution in [0.1, 0.15) is 25.2 Å². The third-order valence-corrected chi connectivity index (χ3v) is 4.66. The molecule has 6 heteroatoms. The van der Waals surface area contributed by atoms with Gasteiger partial charge in [-0.1, -0.05) is 23.4 Å². The maximum absolute atomic E-state index is 5.89. The fraction of sp³-hybridized carbons (Fsp3) is 0.350. The molecule has 1 aliphatic heterocycles. The summed E-state index contributed by atoms with van der Waals surface area (Å²) in [6.45, 7) is 2.21. The van der Waals surface area contributed by atoms with Crippen LogP contribution in [0.5, 0.6) is 11.6 Å². The quantitative estimate of drug-likeness (QED) is 0.728. The van der Waals surface area contributed by atoms with Gasteiger partial charge in [-0.15, -0.1) is 0 Å². The number of nitrogens with zero attached hydrogens (tertiary/aromatic N) is 3. The molecule has 1 N–H and O–H groups in total. The Morgan fingerprint density at radius 1 is 1.08 bits per heavy atom. The standard InChI is InChI=1S/C20H22N4O2/c1-2-5-16(6-3-1)25-20-17(7-4-12-22-20)19-23-18(26-24-19)9-8-15-10-13-21-14-11-15/h1-7,12,15,21H,8-11,13-14H2. The van der Waals surface area contributed by atoms with Crippen molar-refractivity contribution >= 4 is 0 Å². The van der Waals surface area contributed by atoms with Crippen LogP contribution in [0.15, 0.2) is 53.2 Å². The van der Waals surface area contributed by atoms with Gasteiger partial charge in [-0.3, -0.25) is 0 Å². The van der Waals surface area contributed by atoms with Crippen LogP contribution in [0.25, 0.3) is 11.4 Å². The number of rotatable bonds is 6. The van der Waals surface area contributed by atoms with Crippen molar-refractivity contribution in [3.63, 3.8) is 0 Å². The van der Waals surface area contributed by atoms with E-state index in [-0.39, 0.29) is 0 Å². The molecule has 1 aromatic carbocycles. The van der Waals surface area contributed by atoms with E-state index in [0.29, 0.717) is 17.6 Å². The summed E-state index contributed by atoms with van der Waals surface area (Å²) >= 11 is 0. The van der Waals surface area contributed by atoms with Crippen molar-refractivity contribution in [1.29, 1.82) is 0 Å². The van der Waals surface area contributed by atoms with Crippen LogP contribution < -0.4 is 10.1 Å². The lowest BCUT2D eigenvalue weighted by atomic mass is 9.93. The number of ether oxygens (including phenoxy) is 1. The van der Waals surface area contributed by atoms with Gasteiger partial charge in [0.25, 0.3) is 0 Å². The van der Waals surface area contributed by atoms with Gasteiger partial charge < -0.3 is 14.6 Å². The Bertz CT molecular complexity index is 829. The number of aryl methyl sites for hydroxylation is 1. The van der Waals surface area contributed by atoms with E-state index in [1.165, 1.54) is 12.8 Å². The minimum absolute atomic E-state index is 0.476. The van der Waals surface area contributed by atoms with E-state index >= 15 is 0 Å². The molecule has 1 aliphatic rings. The molecule has 0 bridgehead atoms. The molecule has 3 heterocycles. The summed E-state index contributed by atoms with van der Waals surface area (Å²) in [6.07, 6.45) is 6.04. The summed E-state index contributed by atoms with van der Waals surface area (Å²) in [4.78, 5) is 8.88. The molecule has 0 radical (unpaired) electrons. The van der Waals surface area contributed by atoms with Crippen molar-refractivity contribution in [3.05, 3.63) is 54.6 Å². The molecule has 1 fully saturated rings. The molecule has 0 spiro atoms. The molecule has 134 valence electrons. The Morgan fingerprint density at radius 2 is 1.92 bits per heavy atom. The molecule has 26 heavy (non-hydrogen) atoms. The van der Waals surface area contributed by atoms with Crippen LogP contribution in [0.4, 0.5) is 0 Å². The molecule has 1 saturated heterocycles. The molecule has 0 unspecified atom stereocenters. The van der Waals surface area contributed by atoms with Gasteiger partial charge in [0.05, 0.1) is 5.56 Å². The Kier molecular flexibility index (Phi) is 5.21. The number of aromatic nitrogens is 3. The molecular formula is C20H22N4O2. The molecular weight excluding hydrogens is 328 g/mol. The van der Waals surface area contributed by atoms with Crippen molar-refractivity contribution in [2.75, 3.05) is 13.1 Å². The highest BCUT2D eigenvalue weighted by Gasteiger charge is 2.17. The molecule has 0 saturated carbocycles. The van der Waals surface area contributed by atoms with Crippen molar-refractivity contribution < 1.29 is 9.26 Å². The minimum atomic E-state index is 0.476. The highest BCUT2D eigenvalue weighted by molar-refractivity contribution is 5.61. The van der Waals surface area contributed by atoms with Gasteiger partial charge in [0.2, 0.25) is 17.6 Å². The van der Waals surface area contributed by atoms with E-state index in [0.717, 1.165) is 43.2 Å². The second kappa shape index (κ2) is 8.10. The van der Waals surface area contributed by atoms with Crippen LogP contribution in [0, 0.1) is 5.92 Å². The predicted octanol–water partition coefficient (Wildman–Crippen LogP) is 3.86. The van der Waals surface area contributed by atoms with E-state index in [1.54, 1.807) is 6.20 Å². The fourth-order valence-electron chi connectivity index (χ4n) is 3.21. The number of nitrogens with one attached hydrogen (secondary N) is 1. The number of piperidine rings is 1. The average Bonchev–Trinajstić information content (AvgIpc) is 3.17. The summed E-state index contributed by atoms with van der Waals surface area (Å²) in [5.74, 6) is 3.13. The molecule has 3 aromatic rings. The van der Waals surface area contributed by atoms with E-state index in [2.05, 4.69) is 20.4 Å². The topological polar surface area (TPSA) is 73.1 Å². The predicted molar refractivity (Wildman–Crippen MR) is 98.0 cm³/mol. The van der Waals surface area contributed by atoms with Crippen molar-refractivity contribution in [3.8, 4) is 23.0 Å². The van der Waals surface area contributed by atoms with Gasteiger partial charge in [-0.05, 0) is 62.5 Å². The summed E-state index contributed by atoms with van der Waals surface area (Å²) in [6, 6.07) is 13.3. The van der Waals surface area contributed by atoms with Gasteiger partial charge in [-0.25, -0.2) is 4.98 Å². The zero-order valence-corrected chi connectivity index (χ0v) is 14.6. The monoisotopic (exact) mass is 350 g/mol. The van der Waals surface area contributed by atoms with Gasteiger partial charge in [-0.2, -0.15) is 4.98 Å². The summed E-state index contributed by atoms with van der Waals surface area (Å²) in [5, 5.41) is 7.53. The zero-order valence-electron chi connectivity index (χ0n) is 14.6. The molecule has 0 atom stereocenters. The van der Waals surface area contributed by atoms with E-state index in [1.807, 2.05) is 42.5 Å². The van der Waals surface area contributed by atoms with E-state index < -0.39 is 0 Å². The first-order chi connectivity index (χ1) is 12.9. The zero-order chi connectivity index (χ0) is 17.6. The van der Waals surface area contributed by atoms with Crippen molar-refractivity contribution in [2.24, 2.45) is 5.92 Å². The van der Waals surface area contributed by atoms with Crippen molar-refractivity contribution in [1.82, 2.24) is 20.4 Å². The first kappa shape index (κ1) is 16.7. The molecule has 2 aromatic heterocycles. The second-order valence-electron chi connectivity index (χ2n) is 6.52. The Morgan fingerprint density at radius 3 is 2.77 bits per heavy atom. The first-order valence-electron chi connectivity index (χ1n) is 9.10. The first-order valence-corrected chi connectivity index (χ1v) is 9.10. The Hall–Kier alpha value is -2.73. The third kappa shape index (κ3) is 4.08. The Balaban J connectivity index is 1.47. The third-order valence-electron chi connectivity index (χ3n) is 4.66. The average molecular weight is 350 g/mol. The summed E-state index contributed by atoms with van der Waals surface area (Å²) < 4.78 is 11.3. The van der Waals surface area contributed by atoms with E-state index in [4.69, 9.17) is 9.26 Å². The maximum Gasteiger partial charge on any atom is 0.230 e. The lowest BCUT2D eigenvalue weighted by Gasteiger charge is -2.21. The van der Waals surface area contributed by atoms with E-state index in [9.17, 15) is 0 Å². The minimum Gasteiger partial charge on any atom is -0.438 e.